The third-order valence-corrected chi connectivity index (χ3v) is 12.1. The zero-order valence-electron chi connectivity index (χ0n) is 36.7. The van der Waals surface area contributed by atoms with E-state index in [1.807, 2.05) is 0 Å². The first-order valence-corrected chi connectivity index (χ1v) is 21.2. The lowest BCUT2D eigenvalue weighted by Gasteiger charge is -2.36. The van der Waals surface area contributed by atoms with E-state index in [0.717, 1.165) is 36.4 Å². The summed E-state index contributed by atoms with van der Waals surface area (Å²) in [7, 11) is 0. The van der Waals surface area contributed by atoms with Crippen molar-refractivity contribution in [1.82, 2.24) is 4.90 Å². The summed E-state index contributed by atoms with van der Waals surface area (Å²) in [5.41, 5.74) is -2.77. The maximum absolute atomic E-state index is 12.1. The molecule has 2 aromatic rings. The van der Waals surface area contributed by atoms with E-state index in [2.05, 4.69) is 10.6 Å². The summed E-state index contributed by atoms with van der Waals surface area (Å²) in [5.74, 6) is -3.52. The van der Waals surface area contributed by atoms with Crippen molar-refractivity contribution in [2.75, 3.05) is 30.3 Å². The minimum atomic E-state index is -1.61. The summed E-state index contributed by atoms with van der Waals surface area (Å²) in [5, 5.41) is 100. The Labute approximate surface area is 379 Å². The van der Waals surface area contributed by atoms with Crippen LogP contribution < -0.4 is 10.6 Å². The van der Waals surface area contributed by atoms with Crippen molar-refractivity contribution in [1.29, 1.82) is 0 Å². The van der Waals surface area contributed by atoms with E-state index >= 15 is 0 Å². The van der Waals surface area contributed by atoms with E-state index < -0.39 is 171 Å². The Balaban J connectivity index is 1.08. The monoisotopic (exact) mass is 953 g/mol. The fourth-order valence-corrected chi connectivity index (χ4v) is 9.39. The number of nitro benzene ring substituents is 4. The molecule has 6 fully saturated rings. The second kappa shape index (κ2) is 17.9. The fourth-order valence-electron chi connectivity index (χ4n) is 9.39. The first-order valence-electron chi connectivity index (χ1n) is 21.2. The average molecular weight is 954 g/mol. The average Bonchev–Trinajstić information content (AvgIpc) is 4.03. The van der Waals surface area contributed by atoms with Gasteiger partial charge >= 0.3 is 0 Å². The van der Waals surface area contributed by atoms with Gasteiger partial charge in [-0.3, -0.25) is 45.4 Å². The zero-order valence-corrected chi connectivity index (χ0v) is 36.7. The minimum absolute atomic E-state index is 0.174. The van der Waals surface area contributed by atoms with Gasteiger partial charge in [0.1, 0.15) is 54.1 Å². The Morgan fingerprint density at radius 3 is 1.25 bits per heavy atom. The molecule has 2 aromatic carbocycles. The second-order valence-corrected chi connectivity index (χ2v) is 18.4. The number of hydrogen-bond donors (Lipinski definition) is 6. The van der Waals surface area contributed by atoms with Crippen molar-refractivity contribution in [3.05, 3.63) is 76.9 Å². The summed E-state index contributed by atoms with van der Waals surface area (Å²) in [6, 6.07) is 3.65. The van der Waals surface area contributed by atoms with Gasteiger partial charge in [0.2, 0.25) is 0 Å². The van der Waals surface area contributed by atoms with Gasteiger partial charge in [-0.15, -0.1) is 0 Å². The first kappa shape index (κ1) is 48.5. The van der Waals surface area contributed by atoms with E-state index in [4.69, 9.17) is 42.6 Å². The molecule has 0 aromatic heterocycles. The van der Waals surface area contributed by atoms with E-state index in [9.17, 15) is 60.9 Å². The van der Waals surface area contributed by atoms with Crippen molar-refractivity contribution in [3.63, 3.8) is 0 Å². The third kappa shape index (κ3) is 9.86. The maximum Gasteiger partial charge on any atom is 0.299 e. The zero-order chi connectivity index (χ0) is 48.7. The van der Waals surface area contributed by atoms with Crippen LogP contribution in [0.1, 0.15) is 41.5 Å². The van der Waals surface area contributed by atoms with Gasteiger partial charge in [0.15, 0.2) is 36.2 Å². The molecule has 8 rings (SSSR count). The summed E-state index contributed by atoms with van der Waals surface area (Å²) >= 11 is 0. The molecule has 0 radical (unpaired) electrons. The Kier molecular flexibility index (Phi) is 12.9. The first-order chi connectivity index (χ1) is 31.3. The van der Waals surface area contributed by atoms with Crippen molar-refractivity contribution in [2.24, 2.45) is 0 Å². The number of fused-ring (bicyclic) bond motifs is 3. The number of nitrogens with zero attached hydrogens (tertiary/aromatic N) is 5. The number of aliphatic hydroxyl groups is 4. The van der Waals surface area contributed by atoms with Crippen molar-refractivity contribution < 1.29 is 82.8 Å². The Bertz CT molecular complexity index is 2130. The van der Waals surface area contributed by atoms with Gasteiger partial charge in [-0.25, -0.2) is 0 Å². The van der Waals surface area contributed by atoms with Crippen LogP contribution in [0, 0.1) is 40.5 Å². The van der Waals surface area contributed by atoms with E-state index in [1.165, 1.54) is 4.90 Å². The van der Waals surface area contributed by atoms with Gasteiger partial charge in [-0.05, 0) is 53.7 Å². The topological polar surface area (TPSA) is 364 Å². The molecule has 6 heterocycles. The summed E-state index contributed by atoms with van der Waals surface area (Å²) < 4.78 is 53.9. The Morgan fingerprint density at radius 2 is 0.896 bits per heavy atom. The number of non-ortho nitro benzene ring substituents is 2. The van der Waals surface area contributed by atoms with Crippen LogP contribution in [0.3, 0.4) is 0 Å². The Morgan fingerprint density at radius 1 is 0.552 bits per heavy atom. The second-order valence-electron chi connectivity index (χ2n) is 18.4. The smallest absolute Gasteiger partial charge is 0.299 e. The SMILES string of the molecule is CC1(C)O[C@H]2O[C@H]([C@H](O)CN(C[C@@H](O)[C@H]3O[C@@H]4OC(C)(C)O[C@@H]4[C@H]3Nc3ccc([N+](=O)[O-])cc3[N+](=O)[O-])C[C@@H](O)[C@H]3O[C@@H]4OC(C)(C)O[C@@H]4[C@H]3Nc3ccc([N+](=O)[O-])cc3[N+](=O)[O-])[C@H](O)[C@H]2O1. The summed E-state index contributed by atoms with van der Waals surface area (Å²) in [6.07, 6.45) is -16.4. The third-order valence-electron chi connectivity index (χ3n) is 12.1. The fraction of sp³-hybridized carbons (Fsp3) is 0.692. The van der Waals surface area contributed by atoms with Gasteiger partial charge < -0.3 is 73.7 Å². The normalized spacial score (nSPS) is 34.6. The highest BCUT2D eigenvalue weighted by molar-refractivity contribution is 5.67. The van der Waals surface area contributed by atoms with Crippen LogP contribution in [0.5, 0.6) is 0 Å². The van der Waals surface area contributed by atoms with E-state index in [-0.39, 0.29) is 11.4 Å². The molecular formula is C39H51N7O21. The molecule has 0 saturated carbocycles. The number of nitro groups is 4. The molecule has 368 valence electrons. The molecular weight excluding hydrogens is 902 g/mol. The lowest BCUT2D eigenvalue weighted by atomic mass is 9.99. The highest BCUT2D eigenvalue weighted by Crippen LogP contribution is 2.44. The molecule has 6 N–H and O–H groups in total. The summed E-state index contributed by atoms with van der Waals surface area (Å²) in [6.45, 7) is 8.28. The number of benzene rings is 2. The Hall–Kier alpha value is -4.92. The lowest BCUT2D eigenvalue weighted by Crippen LogP contribution is -2.55. The van der Waals surface area contributed by atoms with Gasteiger partial charge in [0.05, 0.1) is 62.2 Å². The van der Waals surface area contributed by atoms with Crippen LogP contribution in [0.4, 0.5) is 34.1 Å². The molecule has 15 atom stereocenters. The van der Waals surface area contributed by atoms with Crippen LogP contribution in [-0.2, 0) is 42.6 Å². The number of nitrogens with one attached hydrogen (secondary N) is 2. The minimum Gasteiger partial charge on any atom is -0.389 e. The van der Waals surface area contributed by atoms with Crippen molar-refractivity contribution in [3.8, 4) is 0 Å². The van der Waals surface area contributed by atoms with Gasteiger partial charge in [-0.2, -0.15) is 0 Å². The van der Waals surface area contributed by atoms with Gasteiger partial charge in [0, 0.05) is 31.8 Å². The molecule has 0 aliphatic carbocycles. The number of anilines is 2. The predicted octanol–water partition coefficient (Wildman–Crippen LogP) is 0.955. The van der Waals surface area contributed by atoms with E-state index in [1.54, 1.807) is 41.5 Å². The van der Waals surface area contributed by atoms with Gasteiger partial charge in [0.25, 0.3) is 22.7 Å². The van der Waals surface area contributed by atoms with E-state index in [0.29, 0.717) is 0 Å². The number of rotatable bonds is 17. The van der Waals surface area contributed by atoms with Crippen LogP contribution >= 0.6 is 0 Å². The molecule has 6 aliphatic heterocycles. The maximum atomic E-state index is 12.1. The van der Waals surface area contributed by atoms with Crippen LogP contribution in [0.25, 0.3) is 0 Å². The highest BCUT2D eigenvalue weighted by Gasteiger charge is 2.60. The van der Waals surface area contributed by atoms with Crippen molar-refractivity contribution >= 4 is 34.1 Å². The number of aliphatic hydroxyl groups excluding tert-OH is 4. The molecule has 0 amide bonds. The lowest BCUT2D eigenvalue weighted by molar-refractivity contribution is -0.393. The highest BCUT2D eigenvalue weighted by atomic mass is 16.9. The molecule has 0 spiro atoms. The largest absolute Gasteiger partial charge is 0.389 e. The van der Waals surface area contributed by atoms with Crippen molar-refractivity contribution in [2.45, 2.75) is 151 Å². The molecule has 0 unspecified atom stereocenters. The molecule has 28 nitrogen and oxygen atoms in total. The molecule has 0 bridgehead atoms. The van der Waals surface area contributed by atoms with Crippen LogP contribution in [0.15, 0.2) is 36.4 Å². The predicted molar refractivity (Wildman–Crippen MR) is 221 cm³/mol. The molecule has 28 heteroatoms. The molecule has 6 saturated heterocycles. The standard InChI is InChI=1S/C39H51N7O21/c1-37(2)62-31-25(40-18-9-7-16(43(51)52)11-20(18)45(55)56)28(59-34(31)65-37)22(47)13-42(15-24(49)30-27(50)33-36(61-30)67-39(5,6)64-33)14-23(48)29-26(32-35(60-29)66-38(3,4)63-32)41-19-10-8-17(44(53)54)12-21(19)46(57)58/h7-12,22-36,40-41,47-50H,13-15H2,1-6H3/t22-,23-,24-,25+,26+,27+,28-,29-,30-,31-,32-,33-,34-,35-,36-/m1/s1. The summed E-state index contributed by atoms with van der Waals surface area (Å²) in [4.78, 5) is 45.4. The van der Waals surface area contributed by atoms with Gasteiger partial charge in [-0.1, -0.05) is 0 Å². The number of hydrogen-bond acceptors (Lipinski definition) is 24. The quantitative estimate of drug-likeness (QED) is 0.0949. The number of ether oxygens (including phenoxy) is 9. The van der Waals surface area contributed by atoms with Crippen LogP contribution in [-0.4, -0.2) is 174 Å². The molecule has 6 aliphatic rings. The molecule has 67 heavy (non-hydrogen) atoms. The van der Waals surface area contributed by atoms with Crippen LogP contribution in [0.2, 0.25) is 0 Å².